The van der Waals surface area contributed by atoms with Gasteiger partial charge in [0.1, 0.15) is 5.75 Å². The number of rotatable bonds is 6. The lowest BCUT2D eigenvalue weighted by atomic mass is 9.94. The second kappa shape index (κ2) is 8.14. The molecule has 0 saturated heterocycles. The van der Waals surface area contributed by atoms with Crippen molar-refractivity contribution in [2.24, 2.45) is 16.8 Å². The molecular formula is C22H29NO. The summed E-state index contributed by atoms with van der Waals surface area (Å²) < 4.78 is 0. The van der Waals surface area contributed by atoms with Crippen LogP contribution in [-0.2, 0) is 12.8 Å². The Balaban J connectivity index is 2.45. The minimum Gasteiger partial charge on any atom is -0.507 e. The van der Waals surface area contributed by atoms with Crippen LogP contribution >= 0.6 is 0 Å². The lowest BCUT2D eigenvalue weighted by Gasteiger charge is -2.14. The molecule has 0 heterocycles. The van der Waals surface area contributed by atoms with Crippen molar-refractivity contribution in [3.8, 4) is 5.75 Å². The normalized spacial score (nSPS) is 11.8. The highest BCUT2D eigenvalue weighted by molar-refractivity contribution is 5.86. The van der Waals surface area contributed by atoms with E-state index in [-0.39, 0.29) is 0 Å². The molecule has 0 aliphatic carbocycles. The Kier molecular flexibility index (Phi) is 6.19. The van der Waals surface area contributed by atoms with E-state index in [0.717, 1.165) is 29.7 Å². The molecule has 2 heteroatoms. The van der Waals surface area contributed by atoms with E-state index in [0.29, 0.717) is 17.6 Å². The van der Waals surface area contributed by atoms with E-state index < -0.39 is 0 Å². The maximum Gasteiger partial charge on any atom is 0.127 e. The SMILES string of the molecule is Cc1cccc(/C=N/c2c(CC(C)C)cccc2CC(C)C)c1O. The first-order valence-electron chi connectivity index (χ1n) is 8.82. The van der Waals surface area contributed by atoms with Crippen molar-refractivity contribution in [2.75, 3.05) is 0 Å². The Hall–Kier alpha value is -2.09. The molecule has 0 aliphatic rings. The Morgan fingerprint density at radius 1 is 0.917 bits per heavy atom. The van der Waals surface area contributed by atoms with Crippen molar-refractivity contribution in [1.82, 2.24) is 0 Å². The summed E-state index contributed by atoms with van der Waals surface area (Å²) in [7, 11) is 0. The molecule has 128 valence electrons. The molecule has 0 unspecified atom stereocenters. The van der Waals surface area contributed by atoms with Crippen LogP contribution in [0, 0.1) is 18.8 Å². The van der Waals surface area contributed by atoms with E-state index in [1.807, 2.05) is 25.1 Å². The molecule has 1 N–H and O–H groups in total. The van der Waals surface area contributed by atoms with Crippen LogP contribution in [0.5, 0.6) is 5.75 Å². The Labute approximate surface area is 146 Å². The Bertz CT molecular complexity index is 686. The van der Waals surface area contributed by atoms with Gasteiger partial charge in [0.25, 0.3) is 0 Å². The number of benzene rings is 2. The Morgan fingerprint density at radius 2 is 1.46 bits per heavy atom. The number of aryl methyl sites for hydroxylation is 1. The van der Waals surface area contributed by atoms with Crippen molar-refractivity contribution in [1.29, 1.82) is 0 Å². The molecule has 0 radical (unpaired) electrons. The van der Waals surface area contributed by atoms with E-state index in [1.54, 1.807) is 6.21 Å². The lowest BCUT2D eigenvalue weighted by molar-refractivity contribution is 0.470. The van der Waals surface area contributed by atoms with Gasteiger partial charge in [-0.25, -0.2) is 0 Å². The third-order valence-corrected chi connectivity index (χ3v) is 4.06. The zero-order chi connectivity index (χ0) is 17.7. The summed E-state index contributed by atoms with van der Waals surface area (Å²) in [6.07, 6.45) is 3.82. The fourth-order valence-corrected chi connectivity index (χ4v) is 2.94. The topological polar surface area (TPSA) is 32.6 Å². The van der Waals surface area contributed by atoms with Gasteiger partial charge < -0.3 is 5.11 Å². The molecule has 2 aromatic rings. The molecule has 2 rings (SSSR count). The standard InChI is InChI=1S/C22H29NO/c1-15(2)12-18-9-7-10-19(13-16(3)4)21(18)23-14-20-11-6-8-17(5)22(20)24/h6-11,14-16,24H,12-13H2,1-5H3/b23-14+. The van der Waals surface area contributed by atoms with Crippen molar-refractivity contribution in [3.63, 3.8) is 0 Å². The summed E-state index contributed by atoms with van der Waals surface area (Å²) in [4.78, 5) is 4.80. The fourth-order valence-electron chi connectivity index (χ4n) is 2.94. The molecule has 0 aromatic heterocycles. The van der Waals surface area contributed by atoms with Crippen molar-refractivity contribution in [3.05, 3.63) is 58.7 Å². The number of nitrogens with zero attached hydrogens (tertiary/aromatic N) is 1. The van der Waals surface area contributed by atoms with Gasteiger partial charge in [0.05, 0.1) is 5.69 Å². The van der Waals surface area contributed by atoms with Crippen LogP contribution in [0.2, 0.25) is 0 Å². The third kappa shape index (κ3) is 4.70. The van der Waals surface area contributed by atoms with E-state index in [1.165, 1.54) is 11.1 Å². The quantitative estimate of drug-likeness (QED) is 0.665. The zero-order valence-electron chi connectivity index (χ0n) is 15.5. The number of aromatic hydroxyl groups is 1. The van der Waals surface area contributed by atoms with E-state index in [2.05, 4.69) is 45.9 Å². The van der Waals surface area contributed by atoms with Gasteiger partial charge in [-0.05, 0) is 54.4 Å². The van der Waals surface area contributed by atoms with Gasteiger partial charge in [0.2, 0.25) is 0 Å². The molecule has 0 bridgehead atoms. The zero-order valence-corrected chi connectivity index (χ0v) is 15.5. The smallest absolute Gasteiger partial charge is 0.127 e. The van der Waals surface area contributed by atoms with Gasteiger partial charge in [0.15, 0.2) is 0 Å². The molecule has 24 heavy (non-hydrogen) atoms. The summed E-state index contributed by atoms with van der Waals surface area (Å²) in [5.41, 5.74) is 5.28. The van der Waals surface area contributed by atoms with Gasteiger partial charge in [-0.3, -0.25) is 4.99 Å². The minimum atomic E-state index is 0.313. The number of hydrogen-bond donors (Lipinski definition) is 1. The molecule has 0 spiro atoms. The highest BCUT2D eigenvalue weighted by Crippen LogP contribution is 2.29. The number of hydrogen-bond acceptors (Lipinski definition) is 2. The largest absolute Gasteiger partial charge is 0.507 e. The summed E-state index contributed by atoms with van der Waals surface area (Å²) in [5, 5.41) is 10.2. The number of para-hydroxylation sites is 2. The van der Waals surface area contributed by atoms with E-state index in [4.69, 9.17) is 4.99 Å². The van der Waals surface area contributed by atoms with Crippen LogP contribution in [0.15, 0.2) is 41.4 Å². The van der Waals surface area contributed by atoms with Crippen LogP contribution in [0.25, 0.3) is 0 Å². The molecule has 0 fully saturated rings. The lowest BCUT2D eigenvalue weighted by Crippen LogP contribution is -2.00. The van der Waals surface area contributed by atoms with Crippen LogP contribution in [0.3, 0.4) is 0 Å². The molecule has 0 atom stereocenters. The number of phenols is 1. The van der Waals surface area contributed by atoms with Gasteiger partial charge in [0, 0.05) is 11.8 Å². The highest BCUT2D eigenvalue weighted by atomic mass is 16.3. The first-order chi connectivity index (χ1) is 11.4. The first-order valence-corrected chi connectivity index (χ1v) is 8.82. The minimum absolute atomic E-state index is 0.313. The van der Waals surface area contributed by atoms with Crippen LogP contribution in [0.1, 0.15) is 49.9 Å². The molecular weight excluding hydrogens is 294 g/mol. The molecule has 0 aliphatic heterocycles. The maximum absolute atomic E-state index is 10.2. The number of phenolic OH excluding ortho intramolecular Hbond substituents is 1. The third-order valence-electron chi connectivity index (χ3n) is 4.06. The molecule has 2 nitrogen and oxygen atoms in total. The average molecular weight is 323 g/mol. The predicted octanol–water partition coefficient (Wildman–Crippen LogP) is 5.85. The van der Waals surface area contributed by atoms with Gasteiger partial charge in [-0.15, -0.1) is 0 Å². The monoisotopic (exact) mass is 323 g/mol. The second-order valence-corrected chi connectivity index (χ2v) is 7.39. The molecule has 2 aromatic carbocycles. The Morgan fingerprint density at radius 3 is 2.00 bits per heavy atom. The average Bonchev–Trinajstić information content (AvgIpc) is 2.49. The molecule has 0 amide bonds. The van der Waals surface area contributed by atoms with Crippen LogP contribution in [0.4, 0.5) is 5.69 Å². The summed E-state index contributed by atoms with van der Waals surface area (Å²) in [6.45, 7) is 10.8. The fraction of sp³-hybridized carbons (Fsp3) is 0.409. The maximum atomic E-state index is 10.2. The van der Waals surface area contributed by atoms with Gasteiger partial charge in [-0.2, -0.15) is 0 Å². The highest BCUT2D eigenvalue weighted by Gasteiger charge is 2.11. The number of aliphatic imine (C=N–C) groups is 1. The van der Waals surface area contributed by atoms with Crippen molar-refractivity contribution >= 4 is 11.9 Å². The molecule has 0 saturated carbocycles. The van der Waals surface area contributed by atoms with Gasteiger partial charge >= 0.3 is 0 Å². The van der Waals surface area contributed by atoms with Crippen LogP contribution < -0.4 is 0 Å². The van der Waals surface area contributed by atoms with E-state index in [9.17, 15) is 5.11 Å². The van der Waals surface area contributed by atoms with Gasteiger partial charge in [-0.1, -0.05) is 58.0 Å². The van der Waals surface area contributed by atoms with Crippen molar-refractivity contribution in [2.45, 2.75) is 47.5 Å². The summed E-state index contributed by atoms with van der Waals surface area (Å²) >= 11 is 0. The first kappa shape index (κ1) is 18.3. The van der Waals surface area contributed by atoms with E-state index >= 15 is 0 Å². The summed E-state index contributed by atoms with van der Waals surface area (Å²) in [5.74, 6) is 1.48. The summed E-state index contributed by atoms with van der Waals surface area (Å²) in [6, 6.07) is 12.2. The predicted molar refractivity (Wildman–Crippen MR) is 104 cm³/mol. The second-order valence-electron chi connectivity index (χ2n) is 7.39. The van der Waals surface area contributed by atoms with Crippen LogP contribution in [-0.4, -0.2) is 11.3 Å². The van der Waals surface area contributed by atoms with Crippen molar-refractivity contribution < 1.29 is 5.11 Å².